The van der Waals surface area contributed by atoms with Gasteiger partial charge in [-0.3, -0.25) is 19.3 Å². The van der Waals surface area contributed by atoms with E-state index in [2.05, 4.69) is 5.32 Å². The van der Waals surface area contributed by atoms with Crippen LogP contribution < -0.4 is 5.32 Å². The summed E-state index contributed by atoms with van der Waals surface area (Å²) in [6.45, 7) is 0.0944. The van der Waals surface area contributed by atoms with E-state index in [1.807, 2.05) is 0 Å². The molecule has 3 rings (SSSR count). The molecule has 1 aliphatic rings. The van der Waals surface area contributed by atoms with E-state index in [1.54, 1.807) is 0 Å². The molecule has 1 fully saturated rings. The van der Waals surface area contributed by atoms with Gasteiger partial charge in [-0.15, -0.1) is 11.3 Å². The Morgan fingerprint density at radius 3 is 2.56 bits per heavy atom. The number of amides is 3. The van der Waals surface area contributed by atoms with Crippen molar-refractivity contribution >= 4 is 69.4 Å². The van der Waals surface area contributed by atoms with Crippen LogP contribution >= 0.6 is 46.3 Å². The minimum atomic E-state index is -0.458. The predicted molar refractivity (Wildman–Crippen MR) is 106 cm³/mol. The number of halogens is 3. The number of thiophene rings is 1. The van der Waals surface area contributed by atoms with Crippen molar-refractivity contribution in [3.8, 4) is 0 Å². The van der Waals surface area contributed by atoms with E-state index >= 15 is 0 Å². The van der Waals surface area contributed by atoms with Gasteiger partial charge in [-0.2, -0.15) is 0 Å². The minimum absolute atomic E-state index is 0.0205. The number of nitrogens with zero attached hydrogens (tertiary/aromatic N) is 1. The van der Waals surface area contributed by atoms with Gasteiger partial charge in [0.1, 0.15) is 10.2 Å². The van der Waals surface area contributed by atoms with E-state index in [9.17, 15) is 18.8 Å². The zero-order chi connectivity index (χ0) is 19.6. The third-order valence-electron chi connectivity index (χ3n) is 3.56. The largest absolute Gasteiger partial charge is 0.350 e. The maximum atomic E-state index is 12.9. The van der Waals surface area contributed by atoms with Crippen molar-refractivity contribution in [3.05, 3.63) is 60.9 Å². The molecule has 1 aromatic carbocycles. The average molecular weight is 445 g/mol. The van der Waals surface area contributed by atoms with Crippen molar-refractivity contribution in [3.63, 3.8) is 0 Å². The van der Waals surface area contributed by atoms with Crippen molar-refractivity contribution in [1.29, 1.82) is 0 Å². The zero-order valence-corrected chi connectivity index (χ0v) is 16.6. The molecule has 3 amide bonds. The van der Waals surface area contributed by atoms with E-state index in [-0.39, 0.29) is 33.7 Å². The number of thioether (sulfide) groups is 1. The standard InChI is InChI=1S/C17H11Cl2FN2O3S2/c18-13-8-11(14(19)27-13)15(23)21-5-6-22-16(24)12(26-17(22)25)7-9-1-3-10(20)4-2-9/h1-4,7-8H,5-6H2,(H,21,23)/b12-7+. The highest BCUT2D eigenvalue weighted by Gasteiger charge is 2.34. The second kappa shape index (κ2) is 8.43. The molecule has 140 valence electrons. The molecule has 5 nitrogen and oxygen atoms in total. The van der Waals surface area contributed by atoms with E-state index < -0.39 is 17.1 Å². The molecule has 2 heterocycles. The normalized spacial score (nSPS) is 15.7. The fraction of sp³-hybridized carbons (Fsp3) is 0.118. The minimum Gasteiger partial charge on any atom is -0.350 e. The van der Waals surface area contributed by atoms with Gasteiger partial charge >= 0.3 is 0 Å². The number of carbonyl (C=O) groups excluding carboxylic acids is 3. The number of imide groups is 1. The first kappa shape index (κ1) is 19.9. The Kier molecular flexibility index (Phi) is 6.21. The number of rotatable bonds is 5. The quantitative estimate of drug-likeness (QED) is 0.680. The molecular formula is C17H11Cl2FN2O3S2. The van der Waals surface area contributed by atoms with E-state index in [4.69, 9.17) is 23.2 Å². The highest BCUT2D eigenvalue weighted by Crippen LogP contribution is 2.32. The van der Waals surface area contributed by atoms with Crippen LogP contribution in [0.4, 0.5) is 9.18 Å². The summed E-state index contributed by atoms with van der Waals surface area (Å²) >= 11 is 13.6. The SMILES string of the molecule is O=C(NCCN1C(=O)S/C(=C/c2ccc(F)cc2)C1=O)c1cc(Cl)sc1Cl. The highest BCUT2D eigenvalue weighted by atomic mass is 35.5. The summed E-state index contributed by atoms with van der Waals surface area (Å²) in [5.74, 6) is -1.28. The van der Waals surface area contributed by atoms with Crippen molar-refractivity contribution < 1.29 is 18.8 Å². The number of carbonyl (C=O) groups is 3. The summed E-state index contributed by atoms with van der Waals surface area (Å²) in [6, 6.07) is 7.02. The van der Waals surface area contributed by atoms with Crippen LogP contribution in [0.25, 0.3) is 6.08 Å². The van der Waals surface area contributed by atoms with Gasteiger partial charge in [-0.1, -0.05) is 35.3 Å². The molecule has 0 radical (unpaired) electrons. The van der Waals surface area contributed by atoms with Gasteiger partial charge < -0.3 is 5.32 Å². The Morgan fingerprint density at radius 1 is 1.22 bits per heavy atom. The molecule has 0 saturated carbocycles. The number of hydrogen-bond acceptors (Lipinski definition) is 5. The van der Waals surface area contributed by atoms with Crippen molar-refractivity contribution in [2.75, 3.05) is 13.1 Å². The first-order valence-corrected chi connectivity index (χ1v) is 9.98. The number of benzene rings is 1. The first-order chi connectivity index (χ1) is 12.8. The fourth-order valence-corrected chi connectivity index (χ4v) is 4.60. The lowest BCUT2D eigenvalue weighted by Gasteiger charge is -2.12. The predicted octanol–water partition coefficient (Wildman–Crippen LogP) is 4.66. The van der Waals surface area contributed by atoms with Crippen LogP contribution in [0.2, 0.25) is 8.67 Å². The Hall–Kier alpha value is -1.87. The van der Waals surface area contributed by atoms with Crippen molar-refractivity contribution in [1.82, 2.24) is 10.2 Å². The van der Waals surface area contributed by atoms with Crippen LogP contribution in [0, 0.1) is 5.82 Å². The zero-order valence-electron chi connectivity index (χ0n) is 13.5. The lowest BCUT2D eigenvalue weighted by Crippen LogP contribution is -2.37. The average Bonchev–Trinajstić information content (AvgIpc) is 3.09. The van der Waals surface area contributed by atoms with E-state index in [0.717, 1.165) is 28.0 Å². The maximum Gasteiger partial charge on any atom is 0.293 e. The number of nitrogens with one attached hydrogen (secondary N) is 1. The van der Waals surface area contributed by atoms with Crippen LogP contribution in [-0.2, 0) is 4.79 Å². The van der Waals surface area contributed by atoms with Gasteiger partial charge in [0.15, 0.2) is 0 Å². The molecule has 0 spiro atoms. The molecule has 0 bridgehead atoms. The summed E-state index contributed by atoms with van der Waals surface area (Å²) in [4.78, 5) is 37.8. The second-order valence-corrected chi connectivity index (χ2v) is 8.66. The lowest BCUT2D eigenvalue weighted by molar-refractivity contribution is -0.122. The van der Waals surface area contributed by atoms with Crippen LogP contribution in [0.1, 0.15) is 15.9 Å². The summed E-state index contributed by atoms with van der Waals surface area (Å²) in [6.07, 6.45) is 1.52. The maximum absolute atomic E-state index is 12.9. The molecule has 1 aliphatic heterocycles. The molecule has 0 aliphatic carbocycles. The molecule has 27 heavy (non-hydrogen) atoms. The monoisotopic (exact) mass is 444 g/mol. The smallest absolute Gasteiger partial charge is 0.293 e. The Labute approximate surface area is 172 Å². The van der Waals surface area contributed by atoms with Gasteiger partial charge in [0.05, 0.1) is 14.8 Å². The van der Waals surface area contributed by atoms with Gasteiger partial charge in [0.2, 0.25) is 0 Å². The molecule has 0 atom stereocenters. The second-order valence-electron chi connectivity index (χ2n) is 5.38. The third-order valence-corrected chi connectivity index (χ3v) is 5.96. The first-order valence-electron chi connectivity index (χ1n) is 7.59. The Bertz CT molecular complexity index is 944. The fourth-order valence-electron chi connectivity index (χ4n) is 2.27. The summed E-state index contributed by atoms with van der Waals surface area (Å²) in [7, 11) is 0. The van der Waals surface area contributed by atoms with Gasteiger partial charge in [0.25, 0.3) is 17.1 Å². The molecule has 1 saturated heterocycles. The van der Waals surface area contributed by atoms with Gasteiger partial charge in [-0.25, -0.2) is 4.39 Å². The van der Waals surface area contributed by atoms with Crippen molar-refractivity contribution in [2.45, 2.75) is 0 Å². The summed E-state index contributed by atoms with van der Waals surface area (Å²) < 4.78 is 13.6. The summed E-state index contributed by atoms with van der Waals surface area (Å²) in [5.41, 5.74) is 0.858. The van der Waals surface area contributed by atoms with Crippen LogP contribution in [-0.4, -0.2) is 35.0 Å². The molecule has 1 aromatic heterocycles. The molecule has 2 aromatic rings. The van der Waals surface area contributed by atoms with Crippen LogP contribution in [0.3, 0.4) is 0 Å². The van der Waals surface area contributed by atoms with E-state index in [0.29, 0.717) is 9.90 Å². The molecular weight excluding hydrogens is 434 g/mol. The lowest BCUT2D eigenvalue weighted by atomic mass is 10.2. The van der Waals surface area contributed by atoms with Crippen LogP contribution in [0.15, 0.2) is 35.2 Å². The molecule has 1 N–H and O–H groups in total. The number of hydrogen-bond donors (Lipinski definition) is 1. The van der Waals surface area contributed by atoms with Crippen LogP contribution in [0.5, 0.6) is 0 Å². The third kappa shape index (κ3) is 4.70. The molecule has 0 unspecified atom stereocenters. The highest BCUT2D eigenvalue weighted by molar-refractivity contribution is 8.18. The van der Waals surface area contributed by atoms with Gasteiger partial charge in [0, 0.05) is 13.1 Å². The topological polar surface area (TPSA) is 66.5 Å². The Balaban J connectivity index is 1.60. The van der Waals surface area contributed by atoms with Gasteiger partial charge in [-0.05, 0) is 41.6 Å². The Morgan fingerprint density at radius 2 is 1.93 bits per heavy atom. The van der Waals surface area contributed by atoms with Crippen molar-refractivity contribution in [2.24, 2.45) is 0 Å². The molecule has 10 heteroatoms. The van der Waals surface area contributed by atoms with E-state index in [1.165, 1.54) is 36.4 Å². The summed E-state index contributed by atoms with van der Waals surface area (Å²) in [5, 5.41) is 2.17.